The summed E-state index contributed by atoms with van der Waals surface area (Å²) >= 11 is 0. The molecule has 1 aliphatic rings. The Labute approximate surface area is 134 Å². The molecule has 2 aromatic rings. The zero-order valence-electron chi connectivity index (χ0n) is 13.0. The average molecular weight is 315 g/mol. The van der Waals surface area contributed by atoms with Crippen LogP contribution < -0.4 is 4.90 Å². The van der Waals surface area contributed by atoms with Gasteiger partial charge >= 0.3 is 0 Å². The van der Waals surface area contributed by atoms with Gasteiger partial charge in [0, 0.05) is 39.1 Å². The Morgan fingerprint density at radius 1 is 1.22 bits per heavy atom. The van der Waals surface area contributed by atoms with Crippen LogP contribution in [-0.4, -0.2) is 36.0 Å². The summed E-state index contributed by atoms with van der Waals surface area (Å²) in [7, 11) is 1.59. The number of hydrogen-bond acceptors (Lipinski definition) is 5. The maximum Gasteiger partial charge on any atom is 0.164 e. The molecule has 6 heteroatoms. The van der Waals surface area contributed by atoms with Crippen molar-refractivity contribution in [3.8, 4) is 11.4 Å². The van der Waals surface area contributed by atoms with E-state index in [0.717, 1.165) is 0 Å². The Morgan fingerprint density at radius 2 is 1.96 bits per heavy atom. The SMILES string of the molecule is COCc1cc(N2CCC(=O)CC2)nc(-c2ccccc2F)n1. The number of benzene rings is 1. The highest BCUT2D eigenvalue weighted by Crippen LogP contribution is 2.24. The molecule has 0 unspecified atom stereocenters. The normalized spacial score (nSPS) is 15.0. The van der Waals surface area contributed by atoms with Crippen LogP contribution in [0, 0.1) is 5.82 Å². The van der Waals surface area contributed by atoms with Crippen LogP contribution in [-0.2, 0) is 16.1 Å². The molecule has 0 saturated carbocycles. The lowest BCUT2D eigenvalue weighted by Gasteiger charge is -2.27. The average Bonchev–Trinajstić information content (AvgIpc) is 2.56. The number of anilines is 1. The molecule has 5 nitrogen and oxygen atoms in total. The molecule has 1 aliphatic heterocycles. The second kappa shape index (κ2) is 6.83. The van der Waals surface area contributed by atoms with Crippen molar-refractivity contribution in [2.45, 2.75) is 19.4 Å². The highest BCUT2D eigenvalue weighted by molar-refractivity contribution is 5.80. The zero-order valence-corrected chi connectivity index (χ0v) is 13.0. The van der Waals surface area contributed by atoms with Crippen LogP contribution in [0.4, 0.5) is 10.2 Å². The van der Waals surface area contributed by atoms with Gasteiger partial charge in [-0.3, -0.25) is 4.79 Å². The van der Waals surface area contributed by atoms with Crippen LogP contribution >= 0.6 is 0 Å². The predicted octanol–water partition coefficient (Wildman–Crippen LogP) is 2.60. The van der Waals surface area contributed by atoms with Gasteiger partial charge in [-0.15, -0.1) is 0 Å². The largest absolute Gasteiger partial charge is 0.378 e. The highest BCUT2D eigenvalue weighted by atomic mass is 19.1. The first kappa shape index (κ1) is 15.6. The number of carbonyl (C=O) groups is 1. The lowest BCUT2D eigenvalue weighted by Crippen LogP contribution is -2.34. The van der Waals surface area contributed by atoms with Crippen LogP contribution in [0.3, 0.4) is 0 Å². The van der Waals surface area contributed by atoms with Gasteiger partial charge < -0.3 is 9.64 Å². The Bertz CT molecular complexity index is 711. The number of ether oxygens (including phenoxy) is 1. The van der Waals surface area contributed by atoms with Crippen molar-refractivity contribution < 1.29 is 13.9 Å². The van der Waals surface area contributed by atoms with E-state index in [0.29, 0.717) is 55.4 Å². The molecule has 0 aliphatic carbocycles. The van der Waals surface area contributed by atoms with E-state index in [1.165, 1.54) is 6.07 Å². The van der Waals surface area contributed by atoms with E-state index in [1.54, 1.807) is 25.3 Å². The van der Waals surface area contributed by atoms with E-state index >= 15 is 0 Å². The fourth-order valence-electron chi connectivity index (χ4n) is 2.62. The molecule has 3 rings (SSSR count). The molecule has 0 bridgehead atoms. The first-order chi connectivity index (χ1) is 11.2. The third kappa shape index (κ3) is 3.53. The number of ketones is 1. The minimum atomic E-state index is -0.359. The van der Waals surface area contributed by atoms with Gasteiger partial charge in [0.1, 0.15) is 17.4 Å². The van der Waals surface area contributed by atoms with Crippen molar-refractivity contribution >= 4 is 11.6 Å². The predicted molar refractivity (Wildman–Crippen MR) is 84.6 cm³/mol. The Morgan fingerprint density at radius 3 is 2.65 bits per heavy atom. The minimum absolute atomic E-state index is 0.266. The van der Waals surface area contributed by atoms with E-state index in [2.05, 4.69) is 9.97 Å². The molecule has 0 N–H and O–H groups in total. The van der Waals surface area contributed by atoms with Gasteiger partial charge in [0.2, 0.25) is 0 Å². The highest BCUT2D eigenvalue weighted by Gasteiger charge is 2.19. The molecule has 1 aromatic carbocycles. The summed E-state index contributed by atoms with van der Waals surface area (Å²) in [5.41, 5.74) is 1.05. The number of nitrogens with zero attached hydrogens (tertiary/aromatic N) is 3. The number of Topliss-reactive ketones (excluding diaryl/α,β-unsaturated/α-hetero) is 1. The van der Waals surface area contributed by atoms with Crippen molar-refractivity contribution in [3.05, 3.63) is 41.8 Å². The van der Waals surface area contributed by atoms with Crippen molar-refractivity contribution in [3.63, 3.8) is 0 Å². The number of carbonyl (C=O) groups excluding carboxylic acids is 1. The van der Waals surface area contributed by atoms with Crippen LogP contribution in [0.5, 0.6) is 0 Å². The number of aromatic nitrogens is 2. The Kier molecular flexibility index (Phi) is 4.62. The molecular weight excluding hydrogens is 297 g/mol. The smallest absolute Gasteiger partial charge is 0.164 e. The lowest BCUT2D eigenvalue weighted by atomic mass is 10.1. The van der Waals surface area contributed by atoms with E-state index in [4.69, 9.17) is 4.74 Å². The monoisotopic (exact) mass is 315 g/mol. The van der Waals surface area contributed by atoms with Crippen molar-refractivity contribution in [1.29, 1.82) is 0 Å². The van der Waals surface area contributed by atoms with Gasteiger partial charge in [-0.1, -0.05) is 12.1 Å². The topological polar surface area (TPSA) is 55.3 Å². The summed E-state index contributed by atoms with van der Waals surface area (Å²) < 4.78 is 19.2. The standard InChI is InChI=1S/C17H18FN3O2/c1-23-11-12-10-16(21-8-6-13(22)7-9-21)20-17(19-12)14-4-2-3-5-15(14)18/h2-5,10H,6-9,11H2,1H3. The molecule has 120 valence electrons. The summed E-state index contributed by atoms with van der Waals surface area (Å²) in [6.07, 6.45) is 1.03. The summed E-state index contributed by atoms with van der Waals surface area (Å²) in [6, 6.07) is 8.27. The van der Waals surface area contributed by atoms with Crippen LogP contribution in [0.2, 0.25) is 0 Å². The number of methoxy groups -OCH3 is 1. The van der Waals surface area contributed by atoms with Crippen LogP contribution in [0.15, 0.2) is 30.3 Å². The van der Waals surface area contributed by atoms with Crippen LogP contribution in [0.25, 0.3) is 11.4 Å². The number of piperidine rings is 1. The number of hydrogen-bond donors (Lipinski definition) is 0. The molecule has 0 radical (unpaired) electrons. The number of rotatable bonds is 4. The second-order valence-electron chi connectivity index (χ2n) is 5.48. The molecule has 1 aromatic heterocycles. The van der Waals surface area contributed by atoms with Gasteiger partial charge in [-0.25, -0.2) is 14.4 Å². The summed E-state index contributed by atoms with van der Waals surface area (Å²) in [5, 5.41) is 0. The quantitative estimate of drug-likeness (QED) is 0.868. The van der Waals surface area contributed by atoms with Gasteiger partial charge in [0.15, 0.2) is 5.82 Å². The Balaban J connectivity index is 1.99. The second-order valence-corrected chi connectivity index (χ2v) is 5.48. The summed E-state index contributed by atoms with van der Waals surface area (Å²) in [5.74, 6) is 0.950. The fraction of sp³-hybridized carbons (Fsp3) is 0.353. The zero-order chi connectivity index (χ0) is 16.2. The van der Waals surface area contributed by atoms with Gasteiger partial charge in [-0.05, 0) is 12.1 Å². The molecule has 0 amide bonds. The first-order valence-corrected chi connectivity index (χ1v) is 7.56. The maximum absolute atomic E-state index is 14.0. The van der Waals surface area contributed by atoms with E-state index in [-0.39, 0.29) is 11.6 Å². The van der Waals surface area contributed by atoms with Crippen molar-refractivity contribution in [1.82, 2.24) is 9.97 Å². The Hall–Kier alpha value is -2.34. The first-order valence-electron chi connectivity index (χ1n) is 7.56. The molecule has 0 spiro atoms. The fourth-order valence-corrected chi connectivity index (χ4v) is 2.62. The molecule has 1 fully saturated rings. The van der Waals surface area contributed by atoms with E-state index < -0.39 is 0 Å². The van der Waals surface area contributed by atoms with Crippen molar-refractivity contribution in [2.24, 2.45) is 0 Å². The van der Waals surface area contributed by atoms with Gasteiger partial charge in [0.25, 0.3) is 0 Å². The molecule has 1 saturated heterocycles. The van der Waals surface area contributed by atoms with E-state index in [1.807, 2.05) is 11.0 Å². The van der Waals surface area contributed by atoms with Gasteiger partial charge in [0.05, 0.1) is 17.9 Å². The summed E-state index contributed by atoms with van der Waals surface area (Å²) in [4.78, 5) is 22.3. The molecular formula is C17H18FN3O2. The molecule has 23 heavy (non-hydrogen) atoms. The van der Waals surface area contributed by atoms with Crippen molar-refractivity contribution in [2.75, 3.05) is 25.1 Å². The summed E-state index contributed by atoms with van der Waals surface area (Å²) in [6.45, 7) is 1.57. The molecule has 0 atom stereocenters. The third-order valence-corrected chi connectivity index (χ3v) is 3.82. The van der Waals surface area contributed by atoms with E-state index in [9.17, 15) is 9.18 Å². The van der Waals surface area contributed by atoms with Gasteiger partial charge in [-0.2, -0.15) is 0 Å². The maximum atomic E-state index is 14.0. The molecule has 2 heterocycles. The third-order valence-electron chi connectivity index (χ3n) is 3.82. The minimum Gasteiger partial charge on any atom is -0.378 e. The number of halogens is 1. The van der Waals surface area contributed by atoms with Crippen LogP contribution in [0.1, 0.15) is 18.5 Å². The lowest BCUT2D eigenvalue weighted by molar-refractivity contribution is -0.119.